The van der Waals surface area contributed by atoms with Gasteiger partial charge in [0.25, 0.3) is 0 Å². The number of carbonyl (C=O) groups excluding carboxylic acids is 1. The summed E-state index contributed by atoms with van der Waals surface area (Å²) in [7, 11) is 0. The summed E-state index contributed by atoms with van der Waals surface area (Å²) in [5, 5.41) is 15.0. The van der Waals surface area contributed by atoms with E-state index in [2.05, 4.69) is 10.6 Å². The first-order chi connectivity index (χ1) is 8.14. The number of ether oxygens (including phenoxy) is 1. The molecule has 2 heterocycles. The largest absolute Gasteiger partial charge is 0.479 e. The summed E-state index contributed by atoms with van der Waals surface area (Å²) in [6.45, 7) is 2.00. The van der Waals surface area contributed by atoms with Gasteiger partial charge in [0, 0.05) is 19.6 Å². The molecule has 2 saturated heterocycles. The summed E-state index contributed by atoms with van der Waals surface area (Å²) in [5.74, 6) is -1.31. The predicted octanol–water partition coefficient (Wildman–Crippen LogP) is -0.654. The van der Waals surface area contributed by atoms with E-state index in [1.807, 2.05) is 0 Å². The van der Waals surface area contributed by atoms with Gasteiger partial charge >= 0.3 is 5.97 Å². The van der Waals surface area contributed by atoms with Crippen molar-refractivity contribution in [3.8, 4) is 0 Å². The monoisotopic (exact) mass is 242 g/mol. The molecule has 6 heteroatoms. The maximum atomic E-state index is 12.0. The molecule has 0 aromatic rings. The van der Waals surface area contributed by atoms with Crippen molar-refractivity contribution in [2.45, 2.75) is 24.8 Å². The molecule has 0 aliphatic carbocycles. The second-order valence-electron chi connectivity index (χ2n) is 4.72. The minimum Gasteiger partial charge on any atom is -0.479 e. The molecule has 2 fully saturated rings. The highest BCUT2D eigenvalue weighted by atomic mass is 16.5. The lowest BCUT2D eigenvalue weighted by atomic mass is 9.94. The first kappa shape index (κ1) is 12.3. The molecule has 2 rings (SSSR count). The van der Waals surface area contributed by atoms with E-state index >= 15 is 0 Å². The van der Waals surface area contributed by atoms with Crippen molar-refractivity contribution < 1.29 is 19.4 Å². The van der Waals surface area contributed by atoms with Crippen LogP contribution in [0.4, 0.5) is 0 Å². The average molecular weight is 242 g/mol. The molecule has 3 N–H and O–H groups in total. The Labute approximate surface area is 99.7 Å². The third kappa shape index (κ3) is 2.58. The van der Waals surface area contributed by atoms with Gasteiger partial charge in [-0.3, -0.25) is 4.79 Å². The van der Waals surface area contributed by atoms with Crippen molar-refractivity contribution in [2.24, 2.45) is 5.92 Å². The molecular weight excluding hydrogens is 224 g/mol. The smallest absolute Gasteiger partial charge is 0.331 e. The van der Waals surface area contributed by atoms with Gasteiger partial charge in [-0.25, -0.2) is 4.79 Å². The summed E-state index contributed by atoms with van der Waals surface area (Å²) >= 11 is 0. The number of carbonyl (C=O) groups is 2. The topological polar surface area (TPSA) is 87.7 Å². The molecule has 2 unspecified atom stereocenters. The maximum absolute atomic E-state index is 12.0. The van der Waals surface area contributed by atoms with Crippen LogP contribution >= 0.6 is 0 Å². The van der Waals surface area contributed by atoms with Gasteiger partial charge in [-0.05, 0) is 19.4 Å². The SMILES string of the molecule is O=C(NC1(C(=O)O)CCOC1)C1CCCNC1. The number of hydrogen-bond acceptors (Lipinski definition) is 4. The number of hydrogen-bond donors (Lipinski definition) is 3. The first-order valence-electron chi connectivity index (χ1n) is 5.98. The van der Waals surface area contributed by atoms with E-state index in [-0.39, 0.29) is 18.4 Å². The van der Waals surface area contributed by atoms with Gasteiger partial charge in [0.2, 0.25) is 5.91 Å². The van der Waals surface area contributed by atoms with Crippen LogP contribution in [0.5, 0.6) is 0 Å². The molecule has 0 aromatic carbocycles. The van der Waals surface area contributed by atoms with Crippen molar-refractivity contribution in [1.29, 1.82) is 0 Å². The van der Waals surface area contributed by atoms with E-state index in [1.54, 1.807) is 0 Å². The minimum absolute atomic E-state index is 0.0637. The number of nitrogens with one attached hydrogen (secondary N) is 2. The van der Waals surface area contributed by atoms with Gasteiger partial charge < -0.3 is 20.5 Å². The first-order valence-corrected chi connectivity index (χ1v) is 5.98. The molecule has 0 bridgehead atoms. The Morgan fingerprint density at radius 3 is 2.82 bits per heavy atom. The van der Waals surface area contributed by atoms with E-state index in [0.29, 0.717) is 19.6 Å². The highest BCUT2D eigenvalue weighted by molar-refractivity contribution is 5.88. The molecule has 0 radical (unpaired) electrons. The summed E-state index contributed by atoms with van der Waals surface area (Å²) < 4.78 is 5.10. The van der Waals surface area contributed by atoms with Crippen LogP contribution < -0.4 is 10.6 Å². The number of amides is 1. The molecule has 96 valence electrons. The van der Waals surface area contributed by atoms with Crippen LogP contribution in [0.3, 0.4) is 0 Å². The van der Waals surface area contributed by atoms with Crippen molar-refractivity contribution in [1.82, 2.24) is 10.6 Å². The van der Waals surface area contributed by atoms with Gasteiger partial charge in [-0.15, -0.1) is 0 Å². The number of piperidine rings is 1. The van der Waals surface area contributed by atoms with E-state index < -0.39 is 11.5 Å². The molecule has 17 heavy (non-hydrogen) atoms. The molecule has 1 amide bonds. The minimum atomic E-state index is -1.21. The lowest BCUT2D eigenvalue weighted by Gasteiger charge is -2.28. The lowest BCUT2D eigenvalue weighted by Crippen LogP contribution is -2.57. The molecule has 0 saturated carbocycles. The Hall–Kier alpha value is -1.14. The zero-order valence-corrected chi connectivity index (χ0v) is 9.70. The van der Waals surface area contributed by atoms with Crippen molar-refractivity contribution in [3.05, 3.63) is 0 Å². The van der Waals surface area contributed by atoms with Crippen LogP contribution in [-0.2, 0) is 14.3 Å². The summed E-state index contributed by atoms with van der Waals surface area (Å²) in [5.41, 5.74) is -1.21. The quantitative estimate of drug-likeness (QED) is 0.612. The Balaban J connectivity index is 1.98. The molecule has 0 aromatic heterocycles. The number of carboxylic acids is 1. The average Bonchev–Trinajstić information content (AvgIpc) is 2.80. The van der Waals surface area contributed by atoms with Crippen LogP contribution in [0.15, 0.2) is 0 Å². The van der Waals surface area contributed by atoms with Crippen molar-refractivity contribution >= 4 is 11.9 Å². The zero-order valence-electron chi connectivity index (χ0n) is 9.70. The fraction of sp³-hybridized carbons (Fsp3) is 0.818. The Morgan fingerprint density at radius 1 is 1.47 bits per heavy atom. The van der Waals surface area contributed by atoms with Crippen molar-refractivity contribution in [3.63, 3.8) is 0 Å². The molecule has 2 aliphatic heterocycles. The van der Waals surface area contributed by atoms with Crippen LogP contribution in [0.25, 0.3) is 0 Å². The van der Waals surface area contributed by atoms with E-state index in [4.69, 9.17) is 4.74 Å². The molecule has 2 aliphatic rings. The standard InChI is InChI=1S/C11H18N2O4/c14-9(8-2-1-4-12-6-8)13-11(10(15)16)3-5-17-7-11/h8,12H,1-7H2,(H,13,14)(H,15,16). The Morgan fingerprint density at radius 2 is 2.29 bits per heavy atom. The van der Waals surface area contributed by atoms with E-state index in [1.165, 1.54) is 0 Å². The van der Waals surface area contributed by atoms with Gasteiger partial charge in [0.15, 0.2) is 5.54 Å². The fourth-order valence-electron chi connectivity index (χ4n) is 2.30. The highest BCUT2D eigenvalue weighted by Gasteiger charge is 2.44. The number of carboxylic acid groups (broad SMARTS) is 1. The van der Waals surface area contributed by atoms with Crippen LogP contribution in [0.2, 0.25) is 0 Å². The molecule has 0 spiro atoms. The van der Waals surface area contributed by atoms with Gasteiger partial charge in [-0.2, -0.15) is 0 Å². The number of aliphatic carboxylic acids is 1. The predicted molar refractivity (Wildman–Crippen MR) is 59.5 cm³/mol. The van der Waals surface area contributed by atoms with Gasteiger partial charge in [-0.1, -0.05) is 0 Å². The number of rotatable bonds is 3. The third-order valence-corrected chi connectivity index (χ3v) is 3.46. The zero-order chi connectivity index (χ0) is 12.3. The summed E-state index contributed by atoms with van der Waals surface area (Å²) in [6.07, 6.45) is 2.11. The molecule has 2 atom stereocenters. The summed E-state index contributed by atoms with van der Waals surface area (Å²) in [4.78, 5) is 23.2. The molecule has 6 nitrogen and oxygen atoms in total. The van der Waals surface area contributed by atoms with E-state index in [0.717, 1.165) is 19.4 Å². The molecular formula is C11H18N2O4. The summed E-state index contributed by atoms with van der Waals surface area (Å²) in [6, 6.07) is 0. The Kier molecular flexibility index (Phi) is 3.63. The van der Waals surface area contributed by atoms with E-state index in [9.17, 15) is 14.7 Å². The van der Waals surface area contributed by atoms with Crippen LogP contribution in [0.1, 0.15) is 19.3 Å². The highest BCUT2D eigenvalue weighted by Crippen LogP contribution is 2.20. The van der Waals surface area contributed by atoms with Gasteiger partial charge in [0.1, 0.15) is 0 Å². The van der Waals surface area contributed by atoms with Crippen molar-refractivity contribution in [2.75, 3.05) is 26.3 Å². The third-order valence-electron chi connectivity index (χ3n) is 3.46. The lowest BCUT2D eigenvalue weighted by molar-refractivity contribution is -0.148. The maximum Gasteiger partial charge on any atom is 0.331 e. The van der Waals surface area contributed by atoms with Crippen LogP contribution in [-0.4, -0.2) is 48.8 Å². The van der Waals surface area contributed by atoms with Gasteiger partial charge in [0.05, 0.1) is 12.5 Å². The second kappa shape index (κ2) is 5.01. The fourth-order valence-corrected chi connectivity index (χ4v) is 2.30. The second-order valence-corrected chi connectivity index (χ2v) is 4.72. The normalized spacial score (nSPS) is 33.3. The van der Waals surface area contributed by atoms with Crippen LogP contribution in [0, 0.1) is 5.92 Å². The Bertz CT molecular complexity index is 307.